The summed E-state index contributed by atoms with van der Waals surface area (Å²) in [6, 6.07) is 35.2. The van der Waals surface area contributed by atoms with Crippen molar-refractivity contribution in [3.05, 3.63) is 148 Å². The Morgan fingerprint density at radius 1 is 0.533 bits per heavy atom. The van der Waals surface area contributed by atoms with Gasteiger partial charge in [0.05, 0.1) is 10.5 Å². The molecule has 0 heterocycles. The van der Waals surface area contributed by atoms with E-state index in [4.69, 9.17) is 0 Å². The standard InChI is InChI=1S/C38H25NO4S2/c1-26(40)44-35-20-11-30(12-21-35)5-3-28-7-15-32(16-8-28)34-19-24-37(38(25-34)39(42)43)33-17-9-29(10-18-33)4-6-31-13-22-36(23-14-31)45-27(2)41/h7-25H,1-2H3. The molecule has 0 aromatic heterocycles. The molecule has 5 rings (SSSR count). The quantitative estimate of drug-likeness (QED) is 0.0842. The van der Waals surface area contributed by atoms with Gasteiger partial charge in [0.1, 0.15) is 0 Å². The van der Waals surface area contributed by atoms with E-state index in [2.05, 4.69) is 23.7 Å². The van der Waals surface area contributed by atoms with E-state index in [-0.39, 0.29) is 20.8 Å². The summed E-state index contributed by atoms with van der Waals surface area (Å²) in [5.74, 6) is 12.5. The van der Waals surface area contributed by atoms with Crippen molar-refractivity contribution in [2.45, 2.75) is 23.6 Å². The maximum absolute atomic E-state index is 12.1. The number of nitro groups is 1. The van der Waals surface area contributed by atoms with Crippen molar-refractivity contribution in [2.24, 2.45) is 0 Å². The van der Waals surface area contributed by atoms with Crippen LogP contribution >= 0.6 is 23.5 Å². The van der Waals surface area contributed by atoms with Gasteiger partial charge in [0, 0.05) is 52.0 Å². The molecule has 0 spiro atoms. The van der Waals surface area contributed by atoms with Crippen LogP contribution in [0.3, 0.4) is 0 Å². The van der Waals surface area contributed by atoms with Crippen molar-refractivity contribution in [3.8, 4) is 45.9 Å². The summed E-state index contributed by atoms with van der Waals surface area (Å²) in [7, 11) is 0. The third-order valence-corrected chi connectivity index (χ3v) is 8.13. The van der Waals surface area contributed by atoms with Gasteiger partial charge in [0.15, 0.2) is 10.2 Å². The van der Waals surface area contributed by atoms with Crippen LogP contribution in [0.4, 0.5) is 5.69 Å². The lowest BCUT2D eigenvalue weighted by Crippen LogP contribution is -1.93. The van der Waals surface area contributed by atoms with Crippen molar-refractivity contribution in [1.29, 1.82) is 0 Å². The lowest BCUT2D eigenvalue weighted by molar-refractivity contribution is -0.384. The molecule has 0 bridgehead atoms. The molecular formula is C38H25NO4S2. The zero-order valence-corrected chi connectivity index (χ0v) is 26.0. The number of carbonyl (C=O) groups excluding carboxylic acids is 2. The Kier molecular flexibility index (Phi) is 9.97. The van der Waals surface area contributed by atoms with E-state index in [0.717, 1.165) is 48.7 Å². The van der Waals surface area contributed by atoms with E-state index in [9.17, 15) is 19.7 Å². The van der Waals surface area contributed by atoms with Crippen molar-refractivity contribution < 1.29 is 14.5 Å². The summed E-state index contributed by atoms with van der Waals surface area (Å²) >= 11 is 2.36. The van der Waals surface area contributed by atoms with Gasteiger partial charge in [-0.15, -0.1) is 0 Å². The minimum Gasteiger partial charge on any atom is -0.287 e. The lowest BCUT2D eigenvalue weighted by atomic mass is 9.97. The average Bonchev–Trinajstić information content (AvgIpc) is 3.04. The highest BCUT2D eigenvalue weighted by Gasteiger charge is 2.17. The van der Waals surface area contributed by atoms with E-state index in [1.165, 1.54) is 37.4 Å². The van der Waals surface area contributed by atoms with Crippen LogP contribution in [-0.4, -0.2) is 15.2 Å². The van der Waals surface area contributed by atoms with Crippen molar-refractivity contribution >= 4 is 39.4 Å². The van der Waals surface area contributed by atoms with Crippen LogP contribution in [0.15, 0.2) is 125 Å². The summed E-state index contributed by atoms with van der Waals surface area (Å²) in [6.07, 6.45) is 0. The molecule has 0 saturated heterocycles. The molecule has 0 amide bonds. The highest BCUT2D eigenvalue weighted by molar-refractivity contribution is 8.13. The van der Waals surface area contributed by atoms with Crippen LogP contribution in [0, 0.1) is 33.8 Å². The summed E-state index contributed by atoms with van der Waals surface area (Å²) in [4.78, 5) is 36.0. The Bertz CT molecular complexity index is 2010. The summed E-state index contributed by atoms with van der Waals surface area (Å²) in [5.41, 5.74) is 6.12. The monoisotopic (exact) mass is 623 g/mol. The predicted octanol–water partition coefficient (Wildman–Crippen LogP) is 9.01. The Morgan fingerprint density at radius 3 is 1.27 bits per heavy atom. The molecule has 0 radical (unpaired) electrons. The molecule has 5 nitrogen and oxygen atoms in total. The van der Waals surface area contributed by atoms with Gasteiger partial charge in [-0.05, 0) is 95.6 Å². The van der Waals surface area contributed by atoms with E-state index >= 15 is 0 Å². The maximum Gasteiger partial charge on any atom is 0.277 e. The van der Waals surface area contributed by atoms with Gasteiger partial charge in [0.2, 0.25) is 0 Å². The van der Waals surface area contributed by atoms with Crippen molar-refractivity contribution in [3.63, 3.8) is 0 Å². The fourth-order valence-electron chi connectivity index (χ4n) is 4.42. The first kappa shape index (κ1) is 31.1. The number of nitrogens with zero attached hydrogens (tertiary/aromatic N) is 1. The van der Waals surface area contributed by atoms with Gasteiger partial charge in [0.25, 0.3) is 5.69 Å². The fourth-order valence-corrected chi connectivity index (χ4v) is 5.63. The van der Waals surface area contributed by atoms with Crippen LogP contribution in [0.2, 0.25) is 0 Å². The number of hydrogen-bond acceptors (Lipinski definition) is 6. The molecule has 5 aromatic rings. The molecule has 0 aliphatic rings. The Balaban J connectivity index is 1.30. The number of nitro benzene ring substituents is 1. The first-order valence-electron chi connectivity index (χ1n) is 13.8. The third kappa shape index (κ3) is 8.61. The second-order valence-electron chi connectivity index (χ2n) is 9.88. The Labute approximate surface area is 270 Å². The molecule has 7 heteroatoms. The van der Waals surface area contributed by atoms with Gasteiger partial charge < -0.3 is 0 Å². The molecule has 0 atom stereocenters. The lowest BCUT2D eigenvalue weighted by Gasteiger charge is -2.07. The summed E-state index contributed by atoms with van der Waals surface area (Å²) in [5, 5.41) is 12.1. The van der Waals surface area contributed by atoms with Gasteiger partial charge in [-0.2, -0.15) is 0 Å². The number of thioether (sulfide) groups is 2. The minimum atomic E-state index is -0.360. The second kappa shape index (κ2) is 14.4. The second-order valence-corrected chi connectivity index (χ2v) is 12.4. The predicted molar refractivity (Wildman–Crippen MR) is 182 cm³/mol. The number of hydrogen-bond donors (Lipinski definition) is 0. The van der Waals surface area contributed by atoms with E-state index < -0.39 is 0 Å². The molecule has 218 valence electrons. The SMILES string of the molecule is CC(=O)Sc1ccc(C#Cc2ccc(-c3ccc(-c4ccc(C#Cc5ccc(SC(C)=O)cc5)cc4)c([N+](=O)[O-])c3)cc2)cc1. The van der Waals surface area contributed by atoms with Crippen LogP contribution in [0.1, 0.15) is 36.1 Å². The maximum atomic E-state index is 12.1. The topological polar surface area (TPSA) is 77.3 Å². The van der Waals surface area contributed by atoms with Gasteiger partial charge >= 0.3 is 0 Å². The number of benzene rings is 5. The highest BCUT2D eigenvalue weighted by Crippen LogP contribution is 2.34. The Hall–Kier alpha value is -5.34. The molecule has 0 N–H and O–H groups in total. The molecule has 0 aliphatic carbocycles. The summed E-state index contributed by atoms with van der Waals surface area (Å²) in [6.45, 7) is 3.07. The van der Waals surface area contributed by atoms with Crippen molar-refractivity contribution in [2.75, 3.05) is 0 Å². The first-order chi connectivity index (χ1) is 21.7. The minimum absolute atomic E-state index is 0.0186. The molecule has 0 unspecified atom stereocenters. The molecular weight excluding hydrogens is 599 g/mol. The largest absolute Gasteiger partial charge is 0.287 e. The number of rotatable bonds is 5. The normalized spacial score (nSPS) is 10.2. The first-order valence-corrected chi connectivity index (χ1v) is 15.5. The van der Waals surface area contributed by atoms with Crippen LogP contribution < -0.4 is 0 Å². The third-order valence-electron chi connectivity index (χ3n) is 6.54. The van der Waals surface area contributed by atoms with Crippen LogP contribution in [0.25, 0.3) is 22.3 Å². The Morgan fingerprint density at radius 2 is 0.889 bits per heavy atom. The molecule has 5 aromatic carbocycles. The van der Waals surface area contributed by atoms with Crippen LogP contribution in [0.5, 0.6) is 0 Å². The zero-order valence-electron chi connectivity index (χ0n) is 24.4. The van der Waals surface area contributed by atoms with Crippen LogP contribution in [-0.2, 0) is 9.59 Å². The molecule has 0 fully saturated rings. The fraction of sp³-hybridized carbons (Fsp3) is 0.0526. The smallest absolute Gasteiger partial charge is 0.277 e. The van der Waals surface area contributed by atoms with E-state index in [0.29, 0.717) is 5.56 Å². The van der Waals surface area contributed by atoms with Gasteiger partial charge in [-0.3, -0.25) is 19.7 Å². The van der Waals surface area contributed by atoms with E-state index in [1.807, 2.05) is 103 Å². The zero-order chi connectivity index (χ0) is 31.8. The number of carbonyl (C=O) groups is 2. The van der Waals surface area contributed by atoms with E-state index in [1.54, 1.807) is 12.1 Å². The molecule has 45 heavy (non-hydrogen) atoms. The summed E-state index contributed by atoms with van der Waals surface area (Å²) < 4.78 is 0. The van der Waals surface area contributed by atoms with Gasteiger partial charge in [-0.1, -0.05) is 77.5 Å². The highest BCUT2D eigenvalue weighted by atomic mass is 32.2. The van der Waals surface area contributed by atoms with Crippen molar-refractivity contribution in [1.82, 2.24) is 0 Å². The molecule has 0 aliphatic heterocycles. The average molecular weight is 624 g/mol. The molecule has 0 saturated carbocycles. The van der Waals surface area contributed by atoms with Gasteiger partial charge in [-0.25, -0.2) is 0 Å².